The number of rotatable bonds is 4. The molecule has 0 saturated carbocycles. The summed E-state index contributed by atoms with van der Waals surface area (Å²) >= 11 is 6.03. The zero-order valence-corrected chi connectivity index (χ0v) is 11.9. The van der Waals surface area contributed by atoms with Gasteiger partial charge in [0.25, 0.3) is 0 Å². The van der Waals surface area contributed by atoms with Crippen molar-refractivity contribution in [3.8, 4) is 5.75 Å². The van der Waals surface area contributed by atoms with Crippen molar-refractivity contribution in [1.29, 1.82) is 0 Å². The summed E-state index contributed by atoms with van der Waals surface area (Å²) in [6.07, 6.45) is 0.783. The average Bonchev–Trinajstić information content (AvgIpc) is 2.42. The molecule has 0 aromatic heterocycles. The Morgan fingerprint density at radius 2 is 1.84 bits per heavy atom. The Labute approximate surface area is 119 Å². The number of methoxy groups -OCH3 is 1. The summed E-state index contributed by atoms with van der Waals surface area (Å²) in [5.74, 6) is 0.858. The molecule has 0 aliphatic rings. The SMILES string of the molecule is COc1ccc(CC(N)c2cc(Cl)ccc2C)cc1. The van der Waals surface area contributed by atoms with Crippen LogP contribution in [0.5, 0.6) is 5.75 Å². The predicted molar refractivity (Wildman–Crippen MR) is 79.8 cm³/mol. The van der Waals surface area contributed by atoms with Crippen LogP contribution in [0.3, 0.4) is 0 Å². The summed E-state index contributed by atoms with van der Waals surface area (Å²) in [5.41, 5.74) is 9.74. The van der Waals surface area contributed by atoms with E-state index in [0.717, 1.165) is 22.8 Å². The first-order valence-corrected chi connectivity index (χ1v) is 6.62. The van der Waals surface area contributed by atoms with Gasteiger partial charge in [-0.25, -0.2) is 0 Å². The molecule has 2 nitrogen and oxygen atoms in total. The van der Waals surface area contributed by atoms with Gasteiger partial charge in [-0.05, 0) is 54.3 Å². The van der Waals surface area contributed by atoms with Gasteiger partial charge in [-0.2, -0.15) is 0 Å². The van der Waals surface area contributed by atoms with E-state index in [1.54, 1.807) is 7.11 Å². The summed E-state index contributed by atoms with van der Waals surface area (Å²) in [6, 6.07) is 13.8. The van der Waals surface area contributed by atoms with Crippen LogP contribution in [0.4, 0.5) is 0 Å². The number of nitrogens with two attached hydrogens (primary N) is 1. The molecule has 19 heavy (non-hydrogen) atoms. The third-order valence-corrected chi connectivity index (χ3v) is 3.49. The lowest BCUT2D eigenvalue weighted by molar-refractivity contribution is 0.414. The Hall–Kier alpha value is -1.51. The second-order valence-corrected chi connectivity index (χ2v) is 5.10. The third kappa shape index (κ3) is 3.49. The van der Waals surface area contributed by atoms with E-state index in [1.807, 2.05) is 42.5 Å². The highest BCUT2D eigenvalue weighted by Crippen LogP contribution is 2.24. The van der Waals surface area contributed by atoms with E-state index in [0.29, 0.717) is 0 Å². The molecule has 2 rings (SSSR count). The van der Waals surface area contributed by atoms with E-state index in [2.05, 4.69) is 6.92 Å². The molecular formula is C16H18ClNO. The van der Waals surface area contributed by atoms with E-state index in [4.69, 9.17) is 22.1 Å². The van der Waals surface area contributed by atoms with Gasteiger partial charge in [0.1, 0.15) is 5.75 Å². The van der Waals surface area contributed by atoms with Crippen molar-refractivity contribution in [3.63, 3.8) is 0 Å². The fraction of sp³-hybridized carbons (Fsp3) is 0.250. The number of ether oxygens (including phenoxy) is 1. The van der Waals surface area contributed by atoms with E-state index in [9.17, 15) is 0 Å². The average molecular weight is 276 g/mol. The van der Waals surface area contributed by atoms with Crippen molar-refractivity contribution < 1.29 is 4.74 Å². The number of aryl methyl sites for hydroxylation is 1. The molecule has 0 bridgehead atoms. The van der Waals surface area contributed by atoms with Crippen molar-refractivity contribution in [1.82, 2.24) is 0 Å². The Kier molecular flexibility index (Phi) is 4.46. The van der Waals surface area contributed by atoms with Gasteiger partial charge in [-0.1, -0.05) is 29.8 Å². The van der Waals surface area contributed by atoms with Crippen molar-refractivity contribution >= 4 is 11.6 Å². The minimum absolute atomic E-state index is 0.0490. The maximum absolute atomic E-state index is 6.28. The number of hydrogen-bond donors (Lipinski definition) is 1. The molecule has 2 aromatic rings. The van der Waals surface area contributed by atoms with Gasteiger partial charge in [0, 0.05) is 11.1 Å². The highest BCUT2D eigenvalue weighted by Gasteiger charge is 2.10. The monoisotopic (exact) mass is 275 g/mol. The molecule has 0 amide bonds. The molecule has 2 N–H and O–H groups in total. The molecule has 0 saturated heterocycles. The van der Waals surface area contributed by atoms with Crippen LogP contribution in [0.25, 0.3) is 0 Å². The minimum Gasteiger partial charge on any atom is -0.497 e. The van der Waals surface area contributed by atoms with Gasteiger partial charge in [0.05, 0.1) is 7.11 Å². The van der Waals surface area contributed by atoms with Gasteiger partial charge in [0.15, 0.2) is 0 Å². The second-order valence-electron chi connectivity index (χ2n) is 4.66. The summed E-state index contributed by atoms with van der Waals surface area (Å²) in [6.45, 7) is 2.06. The molecule has 0 heterocycles. The van der Waals surface area contributed by atoms with Crippen molar-refractivity contribution in [2.45, 2.75) is 19.4 Å². The first-order chi connectivity index (χ1) is 9.10. The van der Waals surface area contributed by atoms with E-state index >= 15 is 0 Å². The largest absolute Gasteiger partial charge is 0.497 e. The lowest BCUT2D eigenvalue weighted by atomic mass is 9.96. The van der Waals surface area contributed by atoms with Crippen LogP contribution in [0.2, 0.25) is 5.02 Å². The smallest absolute Gasteiger partial charge is 0.118 e. The van der Waals surface area contributed by atoms with Crippen LogP contribution in [-0.2, 0) is 6.42 Å². The second kappa shape index (κ2) is 6.09. The Morgan fingerprint density at radius 1 is 1.16 bits per heavy atom. The highest BCUT2D eigenvalue weighted by molar-refractivity contribution is 6.30. The maximum atomic E-state index is 6.28. The zero-order chi connectivity index (χ0) is 13.8. The summed E-state index contributed by atoms with van der Waals surface area (Å²) in [5, 5.41) is 0.728. The number of hydrogen-bond acceptors (Lipinski definition) is 2. The lowest BCUT2D eigenvalue weighted by Crippen LogP contribution is -2.14. The topological polar surface area (TPSA) is 35.2 Å². The third-order valence-electron chi connectivity index (χ3n) is 3.26. The molecule has 0 aliphatic heterocycles. The standard InChI is InChI=1S/C16H18ClNO/c1-11-3-6-13(17)10-15(11)16(18)9-12-4-7-14(19-2)8-5-12/h3-8,10,16H,9,18H2,1-2H3. The number of halogens is 1. The van der Waals surface area contributed by atoms with Gasteiger partial charge in [-0.3, -0.25) is 0 Å². The van der Waals surface area contributed by atoms with E-state index in [-0.39, 0.29) is 6.04 Å². The molecule has 0 radical (unpaired) electrons. The molecule has 0 fully saturated rings. The Morgan fingerprint density at radius 3 is 2.47 bits per heavy atom. The van der Waals surface area contributed by atoms with Crippen LogP contribution >= 0.6 is 11.6 Å². The van der Waals surface area contributed by atoms with Crippen molar-refractivity contribution in [2.75, 3.05) is 7.11 Å². The molecule has 1 atom stereocenters. The number of benzene rings is 2. The molecule has 1 unspecified atom stereocenters. The Balaban J connectivity index is 2.15. The first-order valence-electron chi connectivity index (χ1n) is 6.24. The fourth-order valence-corrected chi connectivity index (χ4v) is 2.32. The molecule has 0 spiro atoms. The van der Waals surface area contributed by atoms with Gasteiger partial charge < -0.3 is 10.5 Å². The zero-order valence-electron chi connectivity index (χ0n) is 11.2. The quantitative estimate of drug-likeness (QED) is 0.918. The summed E-state index contributed by atoms with van der Waals surface area (Å²) < 4.78 is 5.14. The van der Waals surface area contributed by atoms with Crippen LogP contribution in [0.1, 0.15) is 22.7 Å². The molecule has 0 aliphatic carbocycles. The van der Waals surface area contributed by atoms with Crippen molar-refractivity contribution in [2.24, 2.45) is 5.73 Å². The van der Waals surface area contributed by atoms with Gasteiger partial charge in [0.2, 0.25) is 0 Å². The van der Waals surface area contributed by atoms with Gasteiger partial charge >= 0.3 is 0 Å². The van der Waals surface area contributed by atoms with E-state index < -0.39 is 0 Å². The normalized spacial score (nSPS) is 12.2. The molecule has 100 valence electrons. The lowest BCUT2D eigenvalue weighted by Gasteiger charge is -2.15. The van der Waals surface area contributed by atoms with Gasteiger partial charge in [-0.15, -0.1) is 0 Å². The maximum Gasteiger partial charge on any atom is 0.118 e. The summed E-state index contributed by atoms with van der Waals surface area (Å²) in [7, 11) is 1.66. The molecular weight excluding hydrogens is 258 g/mol. The first kappa shape index (κ1) is 13.9. The molecule has 3 heteroatoms. The Bertz CT molecular complexity index is 551. The van der Waals surface area contributed by atoms with E-state index in [1.165, 1.54) is 11.1 Å². The highest BCUT2D eigenvalue weighted by atomic mass is 35.5. The summed E-state index contributed by atoms with van der Waals surface area (Å²) in [4.78, 5) is 0. The fourth-order valence-electron chi connectivity index (χ4n) is 2.14. The van der Waals surface area contributed by atoms with Crippen LogP contribution < -0.4 is 10.5 Å². The van der Waals surface area contributed by atoms with Crippen LogP contribution in [0, 0.1) is 6.92 Å². The molecule has 2 aromatic carbocycles. The van der Waals surface area contributed by atoms with Crippen molar-refractivity contribution in [3.05, 3.63) is 64.2 Å². The predicted octanol–water partition coefficient (Wildman–Crippen LogP) is 3.90. The minimum atomic E-state index is -0.0490. The van der Waals surface area contributed by atoms with Crippen LogP contribution in [0.15, 0.2) is 42.5 Å². The van der Waals surface area contributed by atoms with Crippen LogP contribution in [-0.4, -0.2) is 7.11 Å².